The molecule has 1 amide bonds. The largest absolute Gasteiger partial charge is 0.459 e. The Morgan fingerprint density at radius 2 is 1.51 bits per heavy atom. The number of likely N-dealkylation sites (N-methyl/N-ethyl adjacent to an activating group) is 1. The maximum atomic E-state index is 12.7. The van der Waals surface area contributed by atoms with Gasteiger partial charge in [0.25, 0.3) is 0 Å². The van der Waals surface area contributed by atoms with Crippen molar-refractivity contribution in [2.24, 2.45) is 0 Å². The molecule has 0 spiro atoms. The highest BCUT2D eigenvalue weighted by molar-refractivity contribution is 5.91. The summed E-state index contributed by atoms with van der Waals surface area (Å²) in [5.74, 6) is -0.393. The molecule has 1 rings (SSSR count). The van der Waals surface area contributed by atoms with Crippen LogP contribution in [0.4, 0.5) is 0 Å². The first kappa shape index (κ1) is 32.7. The van der Waals surface area contributed by atoms with E-state index in [9.17, 15) is 14.4 Å². The van der Waals surface area contributed by atoms with Crippen LogP contribution in [-0.2, 0) is 35.2 Å². The summed E-state index contributed by atoms with van der Waals surface area (Å²) in [6.45, 7) is 10.4. The Bertz CT molecular complexity index is 800. The SMILES string of the molecule is CCCC(C)(NCCOCCOCCNC(=O)CCC(=O)C(C)(CC)NC)C(=O)OCc1ccccc1. The number of amides is 1. The van der Waals surface area contributed by atoms with Crippen molar-refractivity contribution in [1.82, 2.24) is 16.0 Å². The zero-order valence-corrected chi connectivity index (χ0v) is 23.3. The number of benzene rings is 1. The molecule has 1 aromatic carbocycles. The number of hydrogen-bond acceptors (Lipinski definition) is 8. The van der Waals surface area contributed by atoms with Gasteiger partial charge in [-0.05, 0) is 39.3 Å². The molecular weight excluding hydrogens is 474 g/mol. The van der Waals surface area contributed by atoms with E-state index in [0.29, 0.717) is 52.4 Å². The number of carbonyl (C=O) groups is 3. The molecule has 1 aromatic rings. The second-order valence-corrected chi connectivity index (χ2v) is 9.50. The normalized spacial score (nSPS) is 14.4. The predicted octanol–water partition coefficient (Wildman–Crippen LogP) is 2.77. The molecule has 0 fully saturated rings. The molecule has 0 aliphatic rings. The van der Waals surface area contributed by atoms with E-state index in [1.165, 1.54) is 0 Å². The number of rotatable bonds is 21. The van der Waals surface area contributed by atoms with Gasteiger partial charge in [0, 0.05) is 25.9 Å². The maximum absolute atomic E-state index is 12.7. The lowest BCUT2D eigenvalue weighted by Gasteiger charge is -2.28. The average molecular weight is 522 g/mol. The Kier molecular flexibility index (Phi) is 15.9. The molecule has 2 unspecified atom stereocenters. The van der Waals surface area contributed by atoms with E-state index >= 15 is 0 Å². The van der Waals surface area contributed by atoms with Crippen LogP contribution in [0.15, 0.2) is 30.3 Å². The lowest BCUT2D eigenvalue weighted by Crippen LogP contribution is -2.51. The molecule has 2 atom stereocenters. The number of nitrogens with one attached hydrogen (secondary N) is 3. The second kappa shape index (κ2) is 18.0. The van der Waals surface area contributed by atoms with Gasteiger partial charge in [0.15, 0.2) is 5.78 Å². The first-order valence-electron chi connectivity index (χ1n) is 13.3. The van der Waals surface area contributed by atoms with Crippen molar-refractivity contribution in [3.8, 4) is 0 Å². The summed E-state index contributed by atoms with van der Waals surface area (Å²) in [6.07, 6.45) is 2.57. The molecule has 0 aliphatic heterocycles. The predicted molar refractivity (Wildman–Crippen MR) is 144 cm³/mol. The summed E-state index contributed by atoms with van der Waals surface area (Å²) in [5, 5.41) is 9.07. The van der Waals surface area contributed by atoms with Crippen LogP contribution in [0.25, 0.3) is 0 Å². The van der Waals surface area contributed by atoms with Crippen LogP contribution in [0.3, 0.4) is 0 Å². The summed E-state index contributed by atoms with van der Waals surface area (Å²) in [4.78, 5) is 36.9. The van der Waals surface area contributed by atoms with Gasteiger partial charge in [0.2, 0.25) is 5.91 Å². The summed E-state index contributed by atoms with van der Waals surface area (Å²) in [6, 6.07) is 9.62. The molecule has 210 valence electrons. The van der Waals surface area contributed by atoms with Gasteiger partial charge in [-0.25, -0.2) is 0 Å². The van der Waals surface area contributed by atoms with Crippen molar-refractivity contribution in [2.45, 2.75) is 77.5 Å². The third kappa shape index (κ3) is 12.6. The van der Waals surface area contributed by atoms with E-state index in [-0.39, 0.29) is 37.1 Å². The molecule has 0 saturated heterocycles. The van der Waals surface area contributed by atoms with Gasteiger partial charge in [-0.1, -0.05) is 50.6 Å². The first-order valence-corrected chi connectivity index (χ1v) is 13.3. The van der Waals surface area contributed by atoms with Crippen molar-refractivity contribution in [2.75, 3.05) is 46.6 Å². The zero-order chi connectivity index (χ0) is 27.6. The van der Waals surface area contributed by atoms with Gasteiger partial charge >= 0.3 is 5.97 Å². The lowest BCUT2D eigenvalue weighted by atomic mass is 9.90. The van der Waals surface area contributed by atoms with E-state index in [2.05, 4.69) is 16.0 Å². The molecule has 0 bridgehead atoms. The Hall–Kier alpha value is -2.33. The van der Waals surface area contributed by atoms with E-state index in [0.717, 1.165) is 12.0 Å². The Morgan fingerprint density at radius 3 is 2.11 bits per heavy atom. The van der Waals surface area contributed by atoms with Crippen molar-refractivity contribution >= 4 is 17.7 Å². The Balaban J connectivity index is 2.13. The number of Topliss-reactive ketones (excluding diaryl/α,β-unsaturated/α-hetero) is 1. The minimum absolute atomic E-state index is 0.0367. The van der Waals surface area contributed by atoms with Gasteiger partial charge in [0.1, 0.15) is 12.1 Å². The van der Waals surface area contributed by atoms with E-state index < -0.39 is 11.1 Å². The molecule has 37 heavy (non-hydrogen) atoms. The van der Waals surface area contributed by atoms with Crippen LogP contribution in [0, 0.1) is 0 Å². The Morgan fingerprint density at radius 1 is 0.865 bits per heavy atom. The van der Waals surface area contributed by atoms with Gasteiger partial charge in [0.05, 0.1) is 32.0 Å². The van der Waals surface area contributed by atoms with E-state index in [4.69, 9.17) is 14.2 Å². The molecular formula is C28H47N3O6. The molecule has 9 nitrogen and oxygen atoms in total. The topological polar surface area (TPSA) is 115 Å². The average Bonchev–Trinajstić information content (AvgIpc) is 2.91. The number of ketones is 1. The molecule has 9 heteroatoms. The van der Waals surface area contributed by atoms with Gasteiger partial charge < -0.3 is 24.8 Å². The van der Waals surface area contributed by atoms with Crippen LogP contribution in [0.5, 0.6) is 0 Å². The molecule has 0 aromatic heterocycles. The summed E-state index contributed by atoms with van der Waals surface area (Å²) in [7, 11) is 1.76. The fourth-order valence-electron chi connectivity index (χ4n) is 3.73. The van der Waals surface area contributed by atoms with Gasteiger partial charge in [-0.3, -0.25) is 19.7 Å². The smallest absolute Gasteiger partial charge is 0.326 e. The van der Waals surface area contributed by atoms with Gasteiger partial charge in [-0.15, -0.1) is 0 Å². The Labute approximate surface area is 222 Å². The zero-order valence-electron chi connectivity index (χ0n) is 23.3. The molecule has 0 radical (unpaired) electrons. The summed E-state index contributed by atoms with van der Waals surface area (Å²) >= 11 is 0. The number of ether oxygens (including phenoxy) is 3. The van der Waals surface area contributed by atoms with Crippen molar-refractivity contribution < 1.29 is 28.6 Å². The van der Waals surface area contributed by atoms with Crippen LogP contribution in [0.2, 0.25) is 0 Å². The van der Waals surface area contributed by atoms with Crippen molar-refractivity contribution in [3.63, 3.8) is 0 Å². The van der Waals surface area contributed by atoms with E-state index in [1.54, 1.807) is 7.05 Å². The number of hydrogen-bond donors (Lipinski definition) is 3. The molecule has 0 aliphatic carbocycles. The number of carbonyl (C=O) groups excluding carboxylic acids is 3. The molecule has 0 saturated carbocycles. The minimum atomic E-state index is -0.769. The quantitative estimate of drug-likeness (QED) is 0.167. The van der Waals surface area contributed by atoms with Crippen LogP contribution in [-0.4, -0.2) is 75.3 Å². The standard InChI is InChI=1S/C28H47N3O6/c1-6-15-28(4,26(34)37-22-23-11-9-8-10-12-23)31-17-19-36-21-20-35-18-16-30-25(33)14-13-24(32)27(3,7-2)29-5/h8-12,29,31H,6-7,13-22H2,1-5H3,(H,30,33). The summed E-state index contributed by atoms with van der Waals surface area (Å²) < 4.78 is 16.6. The maximum Gasteiger partial charge on any atom is 0.326 e. The number of esters is 1. The highest BCUT2D eigenvalue weighted by Gasteiger charge is 2.33. The molecule has 3 N–H and O–H groups in total. The third-order valence-electron chi connectivity index (χ3n) is 6.57. The van der Waals surface area contributed by atoms with Crippen LogP contribution < -0.4 is 16.0 Å². The fraction of sp³-hybridized carbons (Fsp3) is 0.679. The van der Waals surface area contributed by atoms with Gasteiger partial charge in [-0.2, -0.15) is 0 Å². The van der Waals surface area contributed by atoms with Crippen LogP contribution in [0.1, 0.15) is 65.4 Å². The minimum Gasteiger partial charge on any atom is -0.459 e. The first-order chi connectivity index (χ1) is 17.7. The van der Waals surface area contributed by atoms with Crippen LogP contribution >= 0.6 is 0 Å². The molecule has 0 heterocycles. The second-order valence-electron chi connectivity index (χ2n) is 9.50. The van der Waals surface area contributed by atoms with Crippen molar-refractivity contribution in [1.29, 1.82) is 0 Å². The monoisotopic (exact) mass is 521 g/mol. The van der Waals surface area contributed by atoms with Crippen molar-refractivity contribution in [3.05, 3.63) is 35.9 Å². The lowest BCUT2D eigenvalue weighted by molar-refractivity contribution is -0.153. The summed E-state index contributed by atoms with van der Waals surface area (Å²) in [5.41, 5.74) is -0.398. The van der Waals surface area contributed by atoms with E-state index in [1.807, 2.05) is 58.0 Å². The highest BCUT2D eigenvalue weighted by atomic mass is 16.5. The highest BCUT2D eigenvalue weighted by Crippen LogP contribution is 2.16. The third-order valence-corrected chi connectivity index (χ3v) is 6.57. The fourth-order valence-corrected chi connectivity index (χ4v) is 3.73.